The van der Waals surface area contributed by atoms with Gasteiger partial charge in [0.1, 0.15) is 5.82 Å². The number of hydrogen-bond acceptors (Lipinski definition) is 8. The molecule has 0 spiro atoms. The number of aromatic nitrogens is 3. The van der Waals surface area contributed by atoms with Gasteiger partial charge in [-0.15, -0.1) is 0 Å². The van der Waals surface area contributed by atoms with Gasteiger partial charge in [-0.2, -0.15) is 4.98 Å². The lowest BCUT2D eigenvalue weighted by Crippen LogP contribution is -2.24. The van der Waals surface area contributed by atoms with Crippen LogP contribution in [0.2, 0.25) is 0 Å². The maximum absolute atomic E-state index is 11.7. The van der Waals surface area contributed by atoms with Gasteiger partial charge in [0.15, 0.2) is 5.58 Å². The molecular formula is C21H22N6O4S. The summed E-state index contributed by atoms with van der Waals surface area (Å²) in [6, 6.07) is 12.3. The minimum atomic E-state index is -3.33. The highest BCUT2D eigenvalue weighted by molar-refractivity contribution is 7.92. The standard InChI is InChI=1S/C21H22N6O4S/c1-13-12-22-20(24-14-5-8-16(9-6-14)27(3)32(4,29)30)25-19(13)23-15-7-10-17-18(11-15)31-21(28)26(17)2/h5-12H,1-4H3,(H2,22,23,24,25). The number of fused-ring (bicyclic) bond motifs is 1. The number of hydrogen-bond donors (Lipinski definition) is 2. The third-order valence-corrected chi connectivity index (χ3v) is 6.22. The molecule has 2 aromatic heterocycles. The Kier molecular flexibility index (Phi) is 5.35. The van der Waals surface area contributed by atoms with Gasteiger partial charge in [0, 0.05) is 43.3 Å². The smallest absolute Gasteiger partial charge is 0.408 e. The molecule has 10 nitrogen and oxygen atoms in total. The molecule has 0 unspecified atom stereocenters. The van der Waals surface area contributed by atoms with E-state index in [2.05, 4.69) is 20.6 Å². The fourth-order valence-corrected chi connectivity index (χ4v) is 3.56. The zero-order valence-corrected chi connectivity index (χ0v) is 18.8. The van der Waals surface area contributed by atoms with E-state index in [0.29, 0.717) is 39.9 Å². The number of oxazole rings is 1. The first-order chi connectivity index (χ1) is 15.1. The van der Waals surface area contributed by atoms with Crippen LogP contribution in [0.3, 0.4) is 0 Å². The summed E-state index contributed by atoms with van der Waals surface area (Å²) in [6.07, 6.45) is 2.84. The van der Waals surface area contributed by atoms with E-state index in [0.717, 1.165) is 11.8 Å². The third-order valence-electron chi connectivity index (χ3n) is 5.01. The molecule has 0 fully saturated rings. The number of aryl methyl sites for hydroxylation is 2. The number of benzene rings is 2. The molecule has 0 saturated heterocycles. The Labute approximate surface area is 184 Å². The van der Waals surface area contributed by atoms with Gasteiger partial charge in [0.05, 0.1) is 17.5 Å². The topological polar surface area (TPSA) is 122 Å². The normalized spacial score (nSPS) is 11.5. The average molecular weight is 455 g/mol. The molecule has 2 heterocycles. The van der Waals surface area contributed by atoms with E-state index >= 15 is 0 Å². The van der Waals surface area contributed by atoms with E-state index in [1.807, 2.05) is 13.0 Å². The third kappa shape index (κ3) is 4.28. The molecule has 0 saturated carbocycles. The quantitative estimate of drug-likeness (QED) is 0.456. The van der Waals surface area contributed by atoms with Crippen LogP contribution in [0.5, 0.6) is 0 Å². The van der Waals surface area contributed by atoms with Crippen molar-refractivity contribution in [1.82, 2.24) is 14.5 Å². The molecule has 11 heteroatoms. The Morgan fingerprint density at radius 3 is 2.44 bits per heavy atom. The van der Waals surface area contributed by atoms with Crippen molar-refractivity contribution in [2.75, 3.05) is 28.2 Å². The highest BCUT2D eigenvalue weighted by Gasteiger charge is 2.12. The van der Waals surface area contributed by atoms with Gasteiger partial charge in [-0.1, -0.05) is 0 Å². The van der Waals surface area contributed by atoms with E-state index in [-0.39, 0.29) is 0 Å². The largest absolute Gasteiger partial charge is 0.419 e. The molecule has 0 aliphatic carbocycles. The summed E-state index contributed by atoms with van der Waals surface area (Å²) in [5.74, 6) is 0.541. The lowest BCUT2D eigenvalue weighted by atomic mass is 10.2. The van der Waals surface area contributed by atoms with Gasteiger partial charge in [0.25, 0.3) is 0 Å². The highest BCUT2D eigenvalue weighted by Crippen LogP contribution is 2.25. The second kappa shape index (κ2) is 8.00. The summed E-state index contributed by atoms with van der Waals surface area (Å²) in [4.78, 5) is 20.5. The first-order valence-electron chi connectivity index (χ1n) is 9.63. The van der Waals surface area contributed by atoms with Gasteiger partial charge in [-0.05, 0) is 43.3 Å². The molecule has 4 aromatic rings. The summed E-state index contributed by atoms with van der Waals surface area (Å²) in [7, 11) is -0.179. The Morgan fingerprint density at radius 1 is 1.06 bits per heavy atom. The molecule has 0 bridgehead atoms. The SMILES string of the molecule is Cc1cnc(Nc2ccc(N(C)S(C)(=O)=O)cc2)nc1Nc1ccc2c(c1)oc(=O)n2C. The van der Waals surface area contributed by atoms with Crippen molar-refractivity contribution in [2.24, 2.45) is 7.05 Å². The first kappa shape index (κ1) is 21.4. The molecule has 4 rings (SSSR count). The van der Waals surface area contributed by atoms with Gasteiger partial charge < -0.3 is 15.1 Å². The maximum Gasteiger partial charge on any atom is 0.419 e. The maximum atomic E-state index is 11.7. The molecule has 2 N–H and O–H groups in total. The molecule has 0 aliphatic heterocycles. The summed E-state index contributed by atoms with van der Waals surface area (Å²) in [5.41, 5.74) is 3.98. The minimum Gasteiger partial charge on any atom is -0.408 e. The Balaban J connectivity index is 1.55. The number of nitrogens with zero attached hydrogens (tertiary/aromatic N) is 4. The number of nitrogens with one attached hydrogen (secondary N) is 2. The summed E-state index contributed by atoms with van der Waals surface area (Å²) >= 11 is 0. The lowest BCUT2D eigenvalue weighted by molar-refractivity contribution is 0.528. The predicted molar refractivity (Wildman–Crippen MR) is 124 cm³/mol. The van der Waals surface area contributed by atoms with Crippen LogP contribution in [0.15, 0.2) is 57.9 Å². The van der Waals surface area contributed by atoms with E-state index in [9.17, 15) is 13.2 Å². The second-order valence-electron chi connectivity index (χ2n) is 7.36. The fraction of sp³-hybridized carbons (Fsp3) is 0.190. The average Bonchev–Trinajstić information content (AvgIpc) is 3.03. The zero-order valence-electron chi connectivity index (χ0n) is 17.9. The van der Waals surface area contributed by atoms with Crippen molar-refractivity contribution in [3.8, 4) is 0 Å². The number of anilines is 5. The van der Waals surface area contributed by atoms with Crippen LogP contribution < -0.4 is 20.7 Å². The van der Waals surface area contributed by atoms with E-state index in [1.54, 1.807) is 49.6 Å². The Morgan fingerprint density at radius 2 is 1.75 bits per heavy atom. The number of rotatable bonds is 6. The van der Waals surface area contributed by atoms with Crippen LogP contribution in [-0.2, 0) is 17.1 Å². The van der Waals surface area contributed by atoms with Crippen molar-refractivity contribution in [3.05, 3.63) is 64.8 Å². The summed E-state index contributed by atoms with van der Waals surface area (Å²) < 4.78 is 31.2. The summed E-state index contributed by atoms with van der Waals surface area (Å²) in [5, 5.41) is 6.33. The van der Waals surface area contributed by atoms with E-state index in [4.69, 9.17) is 4.42 Å². The predicted octanol–water partition coefficient (Wildman–Crippen LogP) is 3.11. The number of sulfonamides is 1. The van der Waals surface area contributed by atoms with Crippen molar-refractivity contribution < 1.29 is 12.8 Å². The molecule has 0 atom stereocenters. The molecule has 166 valence electrons. The Hall–Kier alpha value is -3.86. The van der Waals surface area contributed by atoms with Gasteiger partial charge in [0.2, 0.25) is 16.0 Å². The monoisotopic (exact) mass is 454 g/mol. The molecule has 32 heavy (non-hydrogen) atoms. The molecular weight excluding hydrogens is 432 g/mol. The second-order valence-corrected chi connectivity index (χ2v) is 9.38. The van der Waals surface area contributed by atoms with Crippen LogP contribution in [-0.4, -0.2) is 36.3 Å². The Bertz CT molecular complexity index is 1460. The van der Waals surface area contributed by atoms with Crippen molar-refractivity contribution in [2.45, 2.75) is 6.92 Å². The lowest BCUT2D eigenvalue weighted by Gasteiger charge is -2.17. The van der Waals surface area contributed by atoms with Crippen LogP contribution >= 0.6 is 0 Å². The molecule has 0 aliphatic rings. The van der Waals surface area contributed by atoms with Gasteiger partial charge in [-0.25, -0.2) is 18.2 Å². The van der Waals surface area contributed by atoms with Gasteiger partial charge in [-0.3, -0.25) is 8.87 Å². The van der Waals surface area contributed by atoms with E-state index in [1.165, 1.54) is 15.9 Å². The minimum absolute atomic E-state index is 0.370. The first-order valence-corrected chi connectivity index (χ1v) is 11.5. The molecule has 0 radical (unpaired) electrons. The van der Waals surface area contributed by atoms with Gasteiger partial charge >= 0.3 is 5.76 Å². The molecule has 0 amide bonds. The summed E-state index contributed by atoms with van der Waals surface area (Å²) in [6.45, 7) is 1.88. The van der Waals surface area contributed by atoms with Crippen LogP contribution in [0.1, 0.15) is 5.56 Å². The van der Waals surface area contributed by atoms with Crippen molar-refractivity contribution in [1.29, 1.82) is 0 Å². The van der Waals surface area contributed by atoms with Crippen LogP contribution in [0.25, 0.3) is 11.1 Å². The van der Waals surface area contributed by atoms with Crippen LogP contribution in [0.4, 0.5) is 28.8 Å². The van der Waals surface area contributed by atoms with Crippen molar-refractivity contribution >= 4 is 50.0 Å². The van der Waals surface area contributed by atoms with Crippen LogP contribution in [0, 0.1) is 6.92 Å². The zero-order chi connectivity index (χ0) is 23.0. The highest BCUT2D eigenvalue weighted by atomic mass is 32.2. The molecule has 2 aromatic carbocycles. The fourth-order valence-electron chi connectivity index (χ4n) is 3.05. The van der Waals surface area contributed by atoms with E-state index < -0.39 is 15.8 Å². The van der Waals surface area contributed by atoms with Crippen molar-refractivity contribution in [3.63, 3.8) is 0 Å².